The highest BCUT2D eigenvalue weighted by atomic mass is 32.2. The molecule has 0 spiro atoms. The van der Waals surface area contributed by atoms with Crippen molar-refractivity contribution in [3.8, 4) is 5.88 Å². The van der Waals surface area contributed by atoms with E-state index in [-0.39, 0.29) is 6.10 Å². The molecule has 2 rings (SSSR count). The predicted molar refractivity (Wildman–Crippen MR) is 81.1 cm³/mol. The fourth-order valence-electron chi connectivity index (χ4n) is 2.37. The number of ether oxygens (including phenoxy) is 1. The van der Waals surface area contributed by atoms with E-state index in [2.05, 4.69) is 21.5 Å². The summed E-state index contributed by atoms with van der Waals surface area (Å²) in [7, 11) is 0. The van der Waals surface area contributed by atoms with Gasteiger partial charge in [-0.25, -0.2) is 4.98 Å². The average Bonchev–Trinajstić information content (AvgIpc) is 2.74. The lowest BCUT2D eigenvalue weighted by molar-refractivity contribution is 0.232. The second-order valence-electron chi connectivity index (χ2n) is 5.35. The van der Waals surface area contributed by atoms with Crippen LogP contribution in [-0.4, -0.2) is 33.6 Å². The first-order chi connectivity index (χ1) is 9.06. The summed E-state index contributed by atoms with van der Waals surface area (Å²) in [5, 5.41) is 4.22. The summed E-state index contributed by atoms with van der Waals surface area (Å²) in [4.78, 5) is 8.88. The molecule has 1 saturated carbocycles. The highest BCUT2D eigenvalue weighted by Gasteiger charge is 2.24. The maximum Gasteiger partial charge on any atom is 0.226 e. The van der Waals surface area contributed by atoms with Crippen molar-refractivity contribution < 1.29 is 4.74 Å². The van der Waals surface area contributed by atoms with Gasteiger partial charge in [-0.2, -0.15) is 16.7 Å². The molecule has 2 atom stereocenters. The number of anilines is 1. The predicted octanol–water partition coefficient (Wildman–Crippen LogP) is 3.27. The van der Waals surface area contributed by atoms with Crippen LogP contribution >= 0.6 is 11.8 Å². The van der Waals surface area contributed by atoms with Crippen LogP contribution in [0.5, 0.6) is 5.88 Å². The number of hydrogen-bond donors (Lipinski definition) is 1. The number of aromatic nitrogens is 2. The smallest absolute Gasteiger partial charge is 0.226 e. The van der Waals surface area contributed by atoms with Crippen molar-refractivity contribution in [2.45, 2.75) is 57.4 Å². The van der Waals surface area contributed by atoms with Crippen molar-refractivity contribution in [1.29, 1.82) is 0 Å². The maximum absolute atomic E-state index is 5.65. The molecule has 1 aliphatic rings. The zero-order chi connectivity index (χ0) is 13.8. The monoisotopic (exact) mass is 281 g/mol. The number of thioether (sulfide) groups is 1. The van der Waals surface area contributed by atoms with Crippen LogP contribution in [0.15, 0.2) is 6.07 Å². The van der Waals surface area contributed by atoms with Crippen molar-refractivity contribution in [1.82, 2.24) is 9.97 Å². The third kappa shape index (κ3) is 4.27. The number of hydrogen-bond acceptors (Lipinski definition) is 5. The molecule has 0 bridgehead atoms. The second kappa shape index (κ2) is 6.46. The number of rotatable bonds is 5. The van der Waals surface area contributed by atoms with Crippen LogP contribution in [0.4, 0.5) is 5.95 Å². The van der Waals surface area contributed by atoms with Crippen molar-refractivity contribution >= 4 is 17.7 Å². The topological polar surface area (TPSA) is 47.0 Å². The van der Waals surface area contributed by atoms with Crippen LogP contribution in [0.2, 0.25) is 0 Å². The Labute approximate surface area is 119 Å². The van der Waals surface area contributed by atoms with Crippen LogP contribution in [0.25, 0.3) is 0 Å². The van der Waals surface area contributed by atoms with E-state index in [9.17, 15) is 0 Å². The zero-order valence-electron chi connectivity index (χ0n) is 12.1. The highest BCUT2D eigenvalue weighted by molar-refractivity contribution is 7.99. The molecule has 0 radical (unpaired) electrons. The third-order valence-corrected chi connectivity index (χ3v) is 4.33. The Hall–Kier alpha value is -0.970. The fraction of sp³-hybridized carbons (Fsp3) is 0.714. The molecule has 0 amide bonds. The first-order valence-corrected chi connectivity index (χ1v) is 8.17. The van der Waals surface area contributed by atoms with Gasteiger partial charge in [-0.3, -0.25) is 0 Å². The van der Waals surface area contributed by atoms with Crippen LogP contribution in [0.3, 0.4) is 0 Å². The molecule has 1 aromatic heterocycles. The molecule has 19 heavy (non-hydrogen) atoms. The molecule has 1 aliphatic carbocycles. The van der Waals surface area contributed by atoms with Gasteiger partial charge >= 0.3 is 0 Å². The van der Waals surface area contributed by atoms with Crippen molar-refractivity contribution in [3.05, 3.63) is 11.8 Å². The Morgan fingerprint density at radius 1 is 1.37 bits per heavy atom. The van der Waals surface area contributed by atoms with E-state index < -0.39 is 0 Å². The minimum absolute atomic E-state index is 0.134. The largest absolute Gasteiger partial charge is 0.475 e. The SMILES string of the molecule is CSC1CCC(Nc2nc(C)cc(OC(C)C)n2)C1. The van der Waals surface area contributed by atoms with Crippen molar-refractivity contribution in [2.75, 3.05) is 11.6 Å². The van der Waals surface area contributed by atoms with Gasteiger partial charge in [0.25, 0.3) is 0 Å². The quantitative estimate of drug-likeness (QED) is 0.897. The minimum Gasteiger partial charge on any atom is -0.475 e. The first-order valence-electron chi connectivity index (χ1n) is 6.88. The summed E-state index contributed by atoms with van der Waals surface area (Å²) in [6, 6.07) is 2.37. The van der Waals surface area contributed by atoms with Crippen molar-refractivity contribution in [3.63, 3.8) is 0 Å². The van der Waals surface area contributed by atoms with Gasteiger partial charge in [0.1, 0.15) is 0 Å². The molecule has 5 heteroatoms. The van der Waals surface area contributed by atoms with E-state index in [0.29, 0.717) is 17.9 Å². The van der Waals surface area contributed by atoms with E-state index in [0.717, 1.165) is 10.9 Å². The molecule has 1 N–H and O–H groups in total. The molecule has 0 aliphatic heterocycles. The van der Waals surface area contributed by atoms with Crippen LogP contribution in [-0.2, 0) is 0 Å². The van der Waals surface area contributed by atoms with Gasteiger partial charge in [-0.15, -0.1) is 0 Å². The van der Waals surface area contributed by atoms with Gasteiger partial charge in [0, 0.05) is 23.1 Å². The Balaban J connectivity index is 2.02. The molecule has 1 heterocycles. The molecule has 1 fully saturated rings. The maximum atomic E-state index is 5.65. The van der Waals surface area contributed by atoms with Gasteiger partial charge in [0.15, 0.2) is 0 Å². The van der Waals surface area contributed by atoms with Crippen LogP contribution < -0.4 is 10.1 Å². The standard InChI is InChI=1S/C14H23N3OS/c1-9(2)18-13-7-10(3)15-14(17-13)16-11-5-6-12(8-11)19-4/h7,9,11-12H,5-6,8H2,1-4H3,(H,15,16,17). The normalized spacial score (nSPS) is 22.8. The highest BCUT2D eigenvalue weighted by Crippen LogP contribution is 2.29. The van der Waals surface area contributed by atoms with Gasteiger partial charge in [-0.05, 0) is 46.3 Å². The Morgan fingerprint density at radius 2 is 2.16 bits per heavy atom. The van der Waals surface area contributed by atoms with E-state index in [1.807, 2.05) is 38.6 Å². The van der Waals surface area contributed by atoms with Gasteiger partial charge in [-0.1, -0.05) is 0 Å². The summed E-state index contributed by atoms with van der Waals surface area (Å²) >= 11 is 1.96. The van der Waals surface area contributed by atoms with Gasteiger partial charge < -0.3 is 10.1 Å². The van der Waals surface area contributed by atoms with Crippen LogP contribution in [0, 0.1) is 6.92 Å². The summed E-state index contributed by atoms with van der Waals surface area (Å²) in [6.07, 6.45) is 5.99. The molecule has 4 nitrogen and oxygen atoms in total. The Kier molecular flexibility index (Phi) is 4.91. The third-order valence-electron chi connectivity index (χ3n) is 3.24. The molecular formula is C14H23N3OS. The number of aryl methyl sites for hydroxylation is 1. The Morgan fingerprint density at radius 3 is 2.79 bits per heavy atom. The minimum atomic E-state index is 0.134. The summed E-state index contributed by atoms with van der Waals surface area (Å²) in [6.45, 7) is 5.98. The number of nitrogens with zero attached hydrogens (tertiary/aromatic N) is 2. The lowest BCUT2D eigenvalue weighted by Gasteiger charge is -2.15. The van der Waals surface area contributed by atoms with Crippen molar-refractivity contribution in [2.24, 2.45) is 0 Å². The van der Waals surface area contributed by atoms with Gasteiger partial charge in [0.2, 0.25) is 11.8 Å². The summed E-state index contributed by atoms with van der Waals surface area (Å²) in [5.74, 6) is 1.35. The van der Waals surface area contributed by atoms with Gasteiger partial charge in [0.05, 0.1) is 6.10 Å². The van der Waals surface area contributed by atoms with Crippen LogP contribution in [0.1, 0.15) is 38.8 Å². The summed E-state index contributed by atoms with van der Waals surface area (Å²) < 4.78 is 5.65. The Bertz CT molecular complexity index is 425. The zero-order valence-corrected chi connectivity index (χ0v) is 13.0. The number of nitrogens with one attached hydrogen (secondary N) is 1. The summed E-state index contributed by atoms with van der Waals surface area (Å²) in [5.41, 5.74) is 0.938. The lowest BCUT2D eigenvalue weighted by atomic mass is 10.2. The molecule has 0 aromatic carbocycles. The second-order valence-corrected chi connectivity index (χ2v) is 6.49. The van der Waals surface area contributed by atoms with E-state index >= 15 is 0 Å². The first kappa shape index (κ1) is 14.4. The van der Waals surface area contributed by atoms with E-state index in [1.165, 1.54) is 19.3 Å². The van der Waals surface area contributed by atoms with E-state index in [4.69, 9.17) is 4.74 Å². The lowest BCUT2D eigenvalue weighted by Crippen LogP contribution is -2.18. The molecular weight excluding hydrogens is 258 g/mol. The molecule has 0 saturated heterocycles. The molecule has 2 unspecified atom stereocenters. The molecule has 106 valence electrons. The molecule has 1 aromatic rings. The average molecular weight is 281 g/mol. The van der Waals surface area contributed by atoms with E-state index in [1.54, 1.807) is 0 Å². The fourth-order valence-corrected chi connectivity index (χ4v) is 3.17.